The fourth-order valence-electron chi connectivity index (χ4n) is 1.51. The minimum absolute atomic E-state index is 0.458. The van der Waals surface area contributed by atoms with Crippen LogP contribution in [0.3, 0.4) is 0 Å². The highest BCUT2D eigenvalue weighted by molar-refractivity contribution is 9.10. The summed E-state index contributed by atoms with van der Waals surface area (Å²) in [7, 11) is -1.11. The molecule has 0 saturated heterocycles. The molecule has 94 valence electrons. The molecule has 18 heavy (non-hydrogen) atoms. The van der Waals surface area contributed by atoms with Gasteiger partial charge in [-0.25, -0.2) is 0 Å². The van der Waals surface area contributed by atoms with Crippen LogP contribution in [0.1, 0.15) is 5.56 Å². The number of nitrogens with two attached hydrogens (primary N) is 1. The second-order valence-corrected chi connectivity index (χ2v) is 6.52. The number of hydrogen-bond donors (Lipinski definition) is 1. The maximum atomic E-state index is 12.2. The zero-order valence-electron chi connectivity index (χ0n) is 9.40. The maximum absolute atomic E-state index is 12.2. The van der Waals surface area contributed by atoms with E-state index in [0.29, 0.717) is 16.5 Å². The van der Waals surface area contributed by atoms with Gasteiger partial charge >= 0.3 is 0 Å². The molecule has 0 amide bonds. The van der Waals surface area contributed by atoms with E-state index in [-0.39, 0.29) is 0 Å². The fraction of sp³-hybridized carbons (Fsp3) is 0.0769. The third kappa shape index (κ3) is 3.34. The van der Waals surface area contributed by atoms with Crippen LogP contribution in [-0.4, -0.2) is 4.21 Å². The summed E-state index contributed by atoms with van der Waals surface area (Å²) in [5.41, 5.74) is 7.29. The van der Waals surface area contributed by atoms with Crippen molar-refractivity contribution in [2.24, 2.45) is 0 Å². The Morgan fingerprint density at radius 2 is 1.83 bits per heavy atom. The lowest BCUT2D eigenvalue weighted by Gasteiger charge is -2.06. The molecular weight excluding hydrogens is 334 g/mol. The van der Waals surface area contributed by atoms with Crippen LogP contribution in [0.25, 0.3) is 0 Å². The Bertz CT molecular complexity index is 586. The van der Waals surface area contributed by atoms with Crippen LogP contribution in [0.5, 0.6) is 0 Å². The topological polar surface area (TPSA) is 43.1 Å². The number of hydrogen-bond acceptors (Lipinski definition) is 2. The van der Waals surface area contributed by atoms with Gasteiger partial charge in [-0.15, -0.1) is 0 Å². The smallest absolute Gasteiger partial charge is 0.0585 e. The van der Waals surface area contributed by atoms with Gasteiger partial charge < -0.3 is 5.73 Å². The first-order valence-corrected chi connectivity index (χ1v) is 7.73. The van der Waals surface area contributed by atoms with Crippen molar-refractivity contribution < 1.29 is 4.21 Å². The molecule has 1 unspecified atom stereocenters. The lowest BCUT2D eigenvalue weighted by atomic mass is 10.2. The number of nitrogen functional groups attached to an aromatic ring is 1. The SMILES string of the molecule is Nc1ccc(S(=O)Cc2ccc(Cl)cc2)c(Br)c1. The van der Waals surface area contributed by atoms with Crippen LogP contribution >= 0.6 is 27.5 Å². The highest BCUT2D eigenvalue weighted by Gasteiger charge is 2.09. The van der Waals surface area contributed by atoms with Gasteiger partial charge in [0.2, 0.25) is 0 Å². The van der Waals surface area contributed by atoms with E-state index in [1.54, 1.807) is 30.3 Å². The van der Waals surface area contributed by atoms with E-state index in [2.05, 4.69) is 15.9 Å². The Hall–Kier alpha value is -0.840. The second-order valence-electron chi connectivity index (χ2n) is 3.81. The molecule has 1 atom stereocenters. The lowest BCUT2D eigenvalue weighted by Crippen LogP contribution is -1.98. The van der Waals surface area contributed by atoms with Crippen LogP contribution < -0.4 is 5.73 Å². The zero-order chi connectivity index (χ0) is 13.1. The second kappa shape index (κ2) is 5.87. The van der Waals surface area contributed by atoms with E-state index in [1.165, 1.54) is 0 Å². The Labute approximate surface area is 122 Å². The molecule has 2 aromatic rings. The Balaban J connectivity index is 2.19. The first-order valence-electron chi connectivity index (χ1n) is 5.24. The average molecular weight is 345 g/mol. The summed E-state index contributed by atoms with van der Waals surface area (Å²) in [5.74, 6) is 0.458. The van der Waals surface area contributed by atoms with E-state index in [1.807, 2.05) is 12.1 Å². The number of halogens is 2. The van der Waals surface area contributed by atoms with Crippen molar-refractivity contribution in [2.45, 2.75) is 10.6 Å². The summed E-state index contributed by atoms with van der Waals surface area (Å²) >= 11 is 9.19. The molecule has 0 radical (unpaired) electrons. The van der Waals surface area contributed by atoms with E-state index in [9.17, 15) is 4.21 Å². The number of rotatable bonds is 3. The predicted octanol–water partition coefficient (Wildman–Crippen LogP) is 3.99. The first kappa shape index (κ1) is 13.6. The van der Waals surface area contributed by atoms with E-state index in [0.717, 1.165) is 14.9 Å². The molecule has 5 heteroatoms. The summed E-state index contributed by atoms with van der Waals surface area (Å²) in [4.78, 5) is 0.749. The highest BCUT2D eigenvalue weighted by Crippen LogP contribution is 2.25. The summed E-state index contributed by atoms with van der Waals surface area (Å²) in [5, 5.41) is 0.679. The molecule has 2 nitrogen and oxygen atoms in total. The van der Waals surface area contributed by atoms with E-state index < -0.39 is 10.8 Å². The quantitative estimate of drug-likeness (QED) is 0.855. The summed E-state index contributed by atoms with van der Waals surface area (Å²) in [6, 6.07) is 12.6. The van der Waals surface area contributed by atoms with Crippen molar-refractivity contribution in [1.82, 2.24) is 0 Å². The van der Waals surface area contributed by atoms with E-state index >= 15 is 0 Å². The standard InChI is InChI=1S/C13H11BrClNOS/c14-12-7-11(16)5-6-13(12)18(17)8-9-1-3-10(15)4-2-9/h1-7H,8,16H2. The average Bonchev–Trinajstić information content (AvgIpc) is 2.32. The molecule has 0 heterocycles. The van der Waals surface area contributed by atoms with Crippen LogP contribution in [-0.2, 0) is 16.6 Å². The van der Waals surface area contributed by atoms with Crippen LogP contribution in [0.4, 0.5) is 5.69 Å². The molecule has 0 aromatic heterocycles. The molecule has 0 aliphatic rings. The van der Waals surface area contributed by atoms with E-state index in [4.69, 9.17) is 17.3 Å². The summed E-state index contributed by atoms with van der Waals surface area (Å²) in [6.07, 6.45) is 0. The van der Waals surface area contributed by atoms with Crippen molar-refractivity contribution in [3.05, 3.63) is 57.5 Å². The van der Waals surface area contributed by atoms with Gasteiger partial charge in [0.25, 0.3) is 0 Å². The monoisotopic (exact) mass is 343 g/mol. The molecule has 0 bridgehead atoms. The van der Waals surface area contributed by atoms with Gasteiger partial charge in [-0.1, -0.05) is 23.7 Å². The van der Waals surface area contributed by atoms with Crippen molar-refractivity contribution in [1.29, 1.82) is 0 Å². The highest BCUT2D eigenvalue weighted by atomic mass is 79.9. The molecule has 2 aromatic carbocycles. The molecular formula is C13H11BrClNOS. The van der Waals surface area contributed by atoms with Gasteiger partial charge in [0.1, 0.15) is 0 Å². The molecule has 0 saturated carbocycles. The summed E-state index contributed by atoms with van der Waals surface area (Å²) in [6.45, 7) is 0. The third-order valence-electron chi connectivity index (χ3n) is 2.41. The van der Waals surface area contributed by atoms with Gasteiger partial charge in [0, 0.05) is 15.2 Å². The third-order valence-corrected chi connectivity index (χ3v) is 5.02. The van der Waals surface area contributed by atoms with Crippen LogP contribution in [0.15, 0.2) is 51.8 Å². The minimum Gasteiger partial charge on any atom is -0.399 e. The van der Waals surface area contributed by atoms with Crippen molar-refractivity contribution in [2.75, 3.05) is 5.73 Å². The van der Waals surface area contributed by atoms with Gasteiger partial charge in [-0.3, -0.25) is 4.21 Å². The molecule has 0 aliphatic carbocycles. The fourth-order valence-corrected chi connectivity index (χ4v) is 3.72. The van der Waals surface area contributed by atoms with Crippen molar-refractivity contribution >= 4 is 44.0 Å². The molecule has 2 rings (SSSR count). The van der Waals surface area contributed by atoms with Gasteiger partial charge in [-0.2, -0.15) is 0 Å². The van der Waals surface area contributed by atoms with Gasteiger partial charge in [-0.05, 0) is 51.8 Å². The normalized spacial score (nSPS) is 12.3. The van der Waals surface area contributed by atoms with Gasteiger partial charge in [0.15, 0.2) is 0 Å². The molecule has 0 fully saturated rings. The molecule has 0 aliphatic heterocycles. The number of anilines is 1. The zero-order valence-corrected chi connectivity index (χ0v) is 12.6. The Morgan fingerprint density at radius 3 is 2.44 bits per heavy atom. The largest absolute Gasteiger partial charge is 0.399 e. The van der Waals surface area contributed by atoms with Gasteiger partial charge in [0.05, 0.1) is 21.4 Å². The predicted molar refractivity (Wildman–Crippen MR) is 80.1 cm³/mol. The number of benzene rings is 2. The minimum atomic E-state index is -1.11. The van der Waals surface area contributed by atoms with Crippen LogP contribution in [0.2, 0.25) is 5.02 Å². The van der Waals surface area contributed by atoms with Crippen molar-refractivity contribution in [3.63, 3.8) is 0 Å². The lowest BCUT2D eigenvalue weighted by molar-refractivity contribution is 0.682. The Morgan fingerprint density at radius 1 is 1.17 bits per heavy atom. The summed E-state index contributed by atoms with van der Waals surface area (Å²) < 4.78 is 13.0. The first-order chi connectivity index (χ1) is 8.56. The Kier molecular flexibility index (Phi) is 4.43. The van der Waals surface area contributed by atoms with Crippen molar-refractivity contribution in [3.8, 4) is 0 Å². The van der Waals surface area contributed by atoms with Crippen LogP contribution in [0, 0.1) is 0 Å². The molecule has 2 N–H and O–H groups in total. The maximum Gasteiger partial charge on any atom is 0.0585 e. The molecule has 0 spiro atoms.